The van der Waals surface area contributed by atoms with E-state index in [4.69, 9.17) is 10.8 Å². The monoisotopic (exact) mass is 315 g/mol. The number of rotatable bonds is 2. The third-order valence-corrected chi connectivity index (χ3v) is 2.96. The lowest BCUT2D eigenvalue weighted by Crippen LogP contribution is -2.11. The van der Waals surface area contributed by atoms with E-state index in [1.165, 1.54) is 6.92 Å². The number of hydrogen-bond donors (Lipinski definition) is 2. The van der Waals surface area contributed by atoms with Crippen molar-refractivity contribution >= 4 is 11.7 Å². The zero-order valence-electron chi connectivity index (χ0n) is 11.1. The van der Waals surface area contributed by atoms with Crippen LogP contribution in [0.4, 0.5) is 23.2 Å². The molecule has 0 aliphatic heterocycles. The molecule has 116 valence electrons. The third kappa shape index (κ3) is 2.69. The Bertz CT molecular complexity index is 742. The number of pyridine rings is 2. The largest absolute Gasteiger partial charge is 0.477 e. The van der Waals surface area contributed by atoms with Gasteiger partial charge in [-0.3, -0.25) is 4.98 Å². The van der Waals surface area contributed by atoms with Crippen LogP contribution in [0.1, 0.15) is 21.7 Å². The molecule has 5 nitrogen and oxygen atoms in total. The molecule has 2 aromatic rings. The van der Waals surface area contributed by atoms with Crippen molar-refractivity contribution in [1.29, 1.82) is 0 Å². The van der Waals surface area contributed by atoms with Gasteiger partial charge in [0.25, 0.3) is 0 Å². The molecule has 0 fully saturated rings. The summed E-state index contributed by atoms with van der Waals surface area (Å²) in [6.07, 6.45) is -3.88. The molecule has 0 unspecified atom stereocenters. The zero-order chi connectivity index (χ0) is 16.7. The van der Waals surface area contributed by atoms with E-state index in [1.54, 1.807) is 0 Å². The first-order valence-electron chi connectivity index (χ1n) is 5.85. The molecule has 0 aliphatic rings. The predicted molar refractivity (Wildman–Crippen MR) is 68.5 cm³/mol. The number of carboxylic acid groups (broad SMARTS) is 1. The molecule has 2 heterocycles. The summed E-state index contributed by atoms with van der Waals surface area (Å²) in [6, 6.07) is 1.59. The van der Waals surface area contributed by atoms with Crippen LogP contribution in [0.15, 0.2) is 18.3 Å². The molecule has 0 aromatic carbocycles. The van der Waals surface area contributed by atoms with Crippen molar-refractivity contribution in [3.63, 3.8) is 0 Å². The minimum absolute atomic E-state index is 0.0615. The van der Waals surface area contributed by atoms with Gasteiger partial charge in [-0.15, -0.1) is 0 Å². The number of alkyl halides is 3. The Morgan fingerprint density at radius 2 is 1.95 bits per heavy atom. The number of halogens is 4. The molecule has 0 atom stereocenters. The lowest BCUT2D eigenvalue weighted by Gasteiger charge is -2.11. The van der Waals surface area contributed by atoms with Crippen LogP contribution in [0.2, 0.25) is 0 Å². The van der Waals surface area contributed by atoms with E-state index >= 15 is 0 Å². The molecule has 0 aliphatic carbocycles. The highest BCUT2D eigenvalue weighted by Crippen LogP contribution is 2.31. The van der Waals surface area contributed by atoms with Crippen LogP contribution in [-0.2, 0) is 6.18 Å². The number of carboxylic acids is 1. The first-order valence-corrected chi connectivity index (χ1v) is 5.85. The molecule has 0 radical (unpaired) electrons. The van der Waals surface area contributed by atoms with Gasteiger partial charge in [0.15, 0.2) is 11.5 Å². The van der Waals surface area contributed by atoms with Crippen LogP contribution < -0.4 is 5.73 Å². The van der Waals surface area contributed by atoms with Crippen LogP contribution in [0.5, 0.6) is 0 Å². The number of nitrogens with zero attached hydrogens (tertiary/aromatic N) is 2. The lowest BCUT2D eigenvalue weighted by molar-refractivity contribution is -0.141. The number of aromatic nitrogens is 2. The molecule has 0 saturated heterocycles. The quantitative estimate of drug-likeness (QED) is 0.832. The summed E-state index contributed by atoms with van der Waals surface area (Å²) in [6.45, 7) is 1.28. The number of nitrogens with two attached hydrogens (primary N) is 1. The van der Waals surface area contributed by atoms with Gasteiger partial charge in [0.2, 0.25) is 0 Å². The van der Waals surface area contributed by atoms with E-state index in [9.17, 15) is 22.4 Å². The van der Waals surface area contributed by atoms with Crippen molar-refractivity contribution in [2.75, 3.05) is 5.73 Å². The standard InChI is InChI=1S/C13H9F4N3O2/c1-5-9(18)8(14)11(20-10(5)12(21)22)6-2-3-7(19-4-6)13(15,16)17/h2-4H,1H3,(H2,18,20)(H,21,22). The highest BCUT2D eigenvalue weighted by Gasteiger charge is 2.32. The Morgan fingerprint density at radius 3 is 2.41 bits per heavy atom. The van der Waals surface area contributed by atoms with Gasteiger partial charge in [0.1, 0.15) is 11.4 Å². The Balaban J connectivity index is 2.60. The number of nitrogen functional groups attached to an aromatic ring is 1. The molecule has 0 spiro atoms. The Morgan fingerprint density at radius 1 is 1.32 bits per heavy atom. The minimum atomic E-state index is -4.64. The first-order chi connectivity index (χ1) is 10.1. The summed E-state index contributed by atoms with van der Waals surface area (Å²) in [7, 11) is 0. The molecule has 0 saturated carbocycles. The van der Waals surface area contributed by atoms with E-state index < -0.39 is 40.7 Å². The van der Waals surface area contributed by atoms with Gasteiger partial charge in [0.05, 0.1) is 5.69 Å². The molecular weight excluding hydrogens is 306 g/mol. The maximum Gasteiger partial charge on any atom is 0.433 e. The molecule has 9 heteroatoms. The summed E-state index contributed by atoms with van der Waals surface area (Å²) >= 11 is 0. The fraction of sp³-hybridized carbons (Fsp3) is 0.154. The molecule has 2 rings (SSSR count). The average molecular weight is 315 g/mol. The fourth-order valence-corrected chi connectivity index (χ4v) is 1.77. The molecule has 2 aromatic heterocycles. The predicted octanol–water partition coefficient (Wildman–Crippen LogP) is 2.89. The Labute approximate surface area is 121 Å². The highest BCUT2D eigenvalue weighted by atomic mass is 19.4. The normalized spacial score (nSPS) is 11.5. The number of carbonyl (C=O) groups is 1. The molecule has 0 amide bonds. The van der Waals surface area contributed by atoms with Gasteiger partial charge in [-0.25, -0.2) is 14.2 Å². The zero-order valence-corrected chi connectivity index (χ0v) is 11.1. The Kier molecular flexibility index (Phi) is 3.74. The number of hydrogen-bond acceptors (Lipinski definition) is 4. The number of anilines is 1. The van der Waals surface area contributed by atoms with Crippen molar-refractivity contribution in [2.45, 2.75) is 13.1 Å². The van der Waals surface area contributed by atoms with Crippen LogP contribution in [0.3, 0.4) is 0 Å². The van der Waals surface area contributed by atoms with Crippen molar-refractivity contribution < 1.29 is 27.5 Å². The van der Waals surface area contributed by atoms with Crippen molar-refractivity contribution in [3.05, 3.63) is 41.1 Å². The maximum atomic E-state index is 14.1. The van der Waals surface area contributed by atoms with E-state index in [0.29, 0.717) is 6.07 Å². The summed E-state index contributed by atoms with van der Waals surface area (Å²) in [4.78, 5) is 17.8. The smallest absolute Gasteiger partial charge is 0.433 e. The summed E-state index contributed by atoms with van der Waals surface area (Å²) in [5.74, 6) is -2.44. The second-order valence-electron chi connectivity index (χ2n) is 4.40. The maximum absolute atomic E-state index is 14.1. The highest BCUT2D eigenvalue weighted by molar-refractivity contribution is 5.90. The first kappa shape index (κ1) is 15.7. The topological polar surface area (TPSA) is 89.1 Å². The fourth-order valence-electron chi connectivity index (χ4n) is 1.77. The molecule has 0 bridgehead atoms. The van der Waals surface area contributed by atoms with E-state index in [1.807, 2.05) is 0 Å². The van der Waals surface area contributed by atoms with Crippen molar-refractivity contribution in [3.8, 4) is 11.3 Å². The molecule has 3 N–H and O–H groups in total. The van der Waals surface area contributed by atoms with Crippen LogP contribution >= 0.6 is 0 Å². The van der Waals surface area contributed by atoms with E-state index in [0.717, 1.165) is 12.3 Å². The van der Waals surface area contributed by atoms with Gasteiger partial charge >= 0.3 is 12.1 Å². The van der Waals surface area contributed by atoms with Crippen LogP contribution in [0, 0.1) is 12.7 Å². The van der Waals surface area contributed by atoms with Crippen molar-refractivity contribution in [2.24, 2.45) is 0 Å². The SMILES string of the molecule is Cc1c(C(=O)O)nc(-c2ccc(C(F)(F)F)nc2)c(F)c1N. The van der Waals surface area contributed by atoms with Gasteiger partial charge in [-0.05, 0) is 19.1 Å². The third-order valence-electron chi connectivity index (χ3n) is 2.96. The van der Waals surface area contributed by atoms with E-state index in [-0.39, 0.29) is 11.1 Å². The summed E-state index contributed by atoms with van der Waals surface area (Å²) in [5, 5.41) is 9.00. The summed E-state index contributed by atoms with van der Waals surface area (Å²) < 4.78 is 51.4. The lowest BCUT2D eigenvalue weighted by atomic mass is 10.1. The van der Waals surface area contributed by atoms with Gasteiger partial charge in [0, 0.05) is 17.3 Å². The second kappa shape index (κ2) is 5.24. The summed E-state index contributed by atoms with van der Waals surface area (Å²) in [5.41, 5.74) is 2.77. The second-order valence-corrected chi connectivity index (χ2v) is 4.40. The minimum Gasteiger partial charge on any atom is -0.477 e. The van der Waals surface area contributed by atoms with Crippen LogP contribution in [0.25, 0.3) is 11.3 Å². The van der Waals surface area contributed by atoms with Crippen molar-refractivity contribution in [1.82, 2.24) is 9.97 Å². The molecule has 22 heavy (non-hydrogen) atoms. The average Bonchev–Trinajstić information content (AvgIpc) is 2.44. The van der Waals surface area contributed by atoms with Gasteiger partial charge < -0.3 is 10.8 Å². The van der Waals surface area contributed by atoms with Crippen LogP contribution in [-0.4, -0.2) is 21.0 Å². The van der Waals surface area contributed by atoms with Gasteiger partial charge in [-0.2, -0.15) is 13.2 Å². The molecular formula is C13H9F4N3O2. The van der Waals surface area contributed by atoms with E-state index in [2.05, 4.69) is 9.97 Å². The number of aromatic carboxylic acids is 1. The Hall–Kier alpha value is -2.71. The van der Waals surface area contributed by atoms with Gasteiger partial charge in [-0.1, -0.05) is 0 Å².